The highest BCUT2D eigenvalue weighted by molar-refractivity contribution is 6.58. The summed E-state index contributed by atoms with van der Waals surface area (Å²) in [7, 11) is -1.81. The summed E-state index contributed by atoms with van der Waals surface area (Å²) in [6, 6.07) is 7.92. The van der Waals surface area contributed by atoms with Crippen LogP contribution in [0.5, 0.6) is 11.5 Å². The van der Waals surface area contributed by atoms with E-state index in [1.165, 1.54) is 29.2 Å². The van der Waals surface area contributed by atoms with Gasteiger partial charge >= 0.3 is 44.1 Å². The van der Waals surface area contributed by atoms with Crippen LogP contribution in [0.25, 0.3) is 0 Å². The number of benzene rings is 2. The highest BCUT2D eigenvalue weighted by atomic mass is 19.4. The van der Waals surface area contributed by atoms with Gasteiger partial charge < -0.3 is 49.4 Å². The number of rotatable bonds is 4. The molecule has 0 aromatic heterocycles. The zero-order valence-corrected chi connectivity index (χ0v) is 34.9. The molecule has 2 aromatic carbocycles. The minimum atomic E-state index is -4.90. The average molecular weight is 905 g/mol. The molecule has 4 saturated heterocycles. The number of likely N-dealkylation sites (tertiary alicyclic amines) is 2. The van der Waals surface area contributed by atoms with Crippen molar-refractivity contribution in [1.29, 1.82) is 0 Å². The van der Waals surface area contributed by atoms with Crippen LogP contribution in [0.1, 0.15) is 67.2 Å². The first-order chi connectivity index (χ1) is 28.9. The fourth-order valence-corrected chi connectivity index (χ4v) is 6.56. The quantitative estimate of drug-likeness (QED) is 0.165. The molecule has 63 heavy (non-hydrogen) atoms. The second-order valence-corrected chi connectivity index (χ2v) is 16.6. The van der Waals surface area contributed by atoms with Gasteiger partial charge in [-0.05, 0) is 97.0 Å². The first kappa shape index (κ1) is 49.7. The number of ether oxygens (including phenoxy) is 4. The molecular formula is C38H47BF6N6O12. The monoisotopic (exact) mass is 904 g/mol. The molecule has 18 nitrogen and oxygen atoms in total. The fourth-order valence-electron chi connectivity index (χ4n) is 6.56. The predicted octanol–water partition coefficient (Wildman–Crippen LogP) is 4.27. The van der Waals surface area contributed by atoms with E-state index in [4.69, 9.17) is 19.5 Å². The molecule has 4 aliphatic rings. The molecule has 0 bridgehead atoms. The highest BCUT2D eigenvalue weighted by Gasteiger charge is 2.54. The lowest BCUT2D eigenvalue weighted by Crippen LogP contribution is -2.56. The molecule has 2 aromatic rings. The molecule has 346 valence electrons. The van der Waals surface area contributed by atoms with Crippen LogP contribution in [0.4, 0.5) is 51.2 Å². The standard InChI is InChI=1S/C19H22F3N3O5.C12H19N3O4.C7H6BF3O3/c1-17(2,3)30-16(28)24-9-7-18(8-10-24)14(26)25(15(27)23-18)12-5-4-6-13(11-12)29-19(20,21)22;1-11(2,3)19-10(18)15-6-4-12(5-7-15)8(16)13-9(17)14-12;9-7(10,11)14-6-3-1-2-5(4-6)8(12)13/h4-6,11H,7-10H2,1-3H3,(H,23,27);4-7H2,1-3H3,(H2,13,14,16,17);1-4,12-13H. The van der Waals surface area contributed by atoms with Gasteiger partial charge in [0.25, 0.3) is 11.8 Å². The zero-order valence-electron chi connectivity index (χ0n) is 34.9. The summed E-state index contributed by atoms with van der Waals surface area (Å²) in [5.74, 6) is -1.91. The van der Waals surface area contributed by atoms with E-state index in [1.54, 1.807) is 46.4 Å². The van der Waals surface area contributed by atoms with Crippen LogP contribution in [0.15, 0.2) is 48.5 Å². The molecule has 0 atom stereocenters. The molecule has 25 heteroatoms. The Balaban J connectivity index is 0.000000226. The van der Waals surface area contributed by atoms with Crippen LogP contribution in [-0.2, 0) is 19.1 Å². The number of nitrogens with one attached hydrogen (secondary N) is 3. The van der Waals surface area contributed by atoms with Gasteiger partial charge in [-0.1, -0.05) is 18.2 Å². The Morgan fingerprint density at radius 1 is 0.667 bits per heavy atom. The van der Waals surface area contributed by atoms with E-state index < -0.39 is 77.7 Å². The van der Waals surface area contributed by atoms with Crippen molar-refractivity contribution in [2.45, 2.75) is 102 Å². The van der Waals surface area contributed by atoms with Gasteiger partial charge in [-0.25, -0.2) is 24.1 Å². The predicted molar refractivity (Wildman–Crippen MR) is 208 cm³/mol. The average Bonchev–Trinajstić information content (AvgIpc) is 3.54. The Kier molecular flexibility index (Phi) is 14.8. The van der Waals surface area contributed by atoms with E-state index in [2.05, 4.69) is 25.4 Å². The van der Waals surface area contributed by atoms with Crippen LogP contribution in [0, 0.1) is 0 Å². The zero-order chi connectivity index (χ0) is 47.3. The number of anilines is 1. The summed E-state index contributed by atoms with van der Waals surface area (Å²) in [6.45, 7) is 11.8. The smallest absolute Gasteiger partial charge is 0.444 e. The Morgan fingerprint density at radius 3 is 1.52 bits per heavy atom. The van der Waals surface area contributed by atoms with Gasteiger partial charge in [0.15, 0.2) is 0 Å². The summed E-state index contributed by atoms with van der Waals surface area (Å²) in [5.41, 5.74) is -3.38. The number of halogens is 6. The lowest BCUT2D eigenvalue weighted by atomic mass is 9.80. The molecule has 0 saturated carbocycles. The molecule has 5 N–H and O–H groups in total. The van der Waals surface area contributed by atoms with Gasteiger partial charge in [0, 0.05) is 32.2 Å². The Bertz CT molecular complexity index is 2030. The first-order valence-corrected chi connectivity index (χ1v) is 19.2. The molecule has 8 amide bonds. The number of urea groups is 2. The Labute approximate surface area is 357 Å². The molecule has 4 heterocycles. The molecule has 4 aliphatic heterocycles. The SMILES string of the molecule is CC(C)(C)OC(=O)N1CCC2(CC1)NC(=O)N(c1cccc(OC(F)(F)F)c1)C2=O.CC(C)(C)OC(=O)N1CCC2(CC1)NC(=O)NC2=O.OB(O)c1cccc(OC(F)(F)F)c1. The molecule has 0 aliphatic carbocycles. The number of carbonyl (C=O) groups excluding carboxylic acids is 6. The van der Waals surface area contributed by atoms with Gasteiger partial charge in [-0.15, -0.1) is 26.3 Å². The molecule has 6 rings (SSSR count). The third-order valence-electron chi connectivity index (χ3n) is 9.41. The number of alkyl halides is 6. The van der Waals surface area contributed by atoms with Crippen molar-refractivity contribution >= 4 is 54.3 Å². The van der Waals surface area contributed by atoms with E-state index in [1.807, 2.05) is 0 Å². The number of amides is 8. The van der Waals surface area contributed by atoms with E-state index in [0.717, 1.165) is 29.2 Å². The van der Waals surface area contributed by atoms with Crippen LogP contribution in [0.3, 0.4) is 0 Å². The van der Waals surface area contributed by atoms with Crippen molar-refractivity contribution < 1.29 is 84.1 Å². The first-order valence-electron chi connectivity index (χ1n) is 19.2. The molecule has 0 unspecified atom stereocenters. The maximum atomic E-state index is 13.0. The number of hydrogen-bond donors (Lipinski definition) is 5. The van der Waals surface area contributed by atoms with Gasteiger partial charge in [-0.3, -0.25) is 14.9 Å². The topological polar surface area (TPSA) is 226 Å². The third-order valence-corrected chi connectivity index (χ3v) is 9.41. The van der Waals surface area contributed by atoms with Crippen molar-refractivity contribution in [3.8, 4) is 11.5 Å². The highest BCUT2D eigenvalue weighted by Crippen LogP contribution is 2.35. The largest absolute Gasteiger partial charge is 0.573 e. The maximum Gasteiger partial charge on any atom is 0.573 e. The second kappa shape index (κ2) is 18.8. The number of nitrogens with zero attached hydrogens (tertiary/aromatic N) is 3. The number of imide groups is 2. The Morgan fingerprint density at radius 2 is 1.11 bits per heavy atom. The lowest BCUT2D eigenvalue weighted by Gasteiger charge is -2.37. The van der Waals surface area contributed by atoms with Crippen LogP contribution >= 0.6 is 0 Å². The summed E-state index contributed by atoms with van der Waals surface area (Å²) in [5, 5.41) is 24.9. The summed E-state index contributed by atoms with van der Waals surface area (Å²) < 4.78 is 90.6. The fraction of sp³-hybridized carbons (Fsp3) is 0.526. The number of carbonyl (C=O) groups is 6. The van der Waals surface area contributed by atoms with Gasteiger partial charge in [-0.2, -0.15) is 0 Å². The van der Waals surface area contributed by atoms with E-state index >= 15 is 0 Å². The molecule has 4 fully saturated rings. The van der Waals surface area contributed by atoms with Crippen molar-refractivity contribution in [3.05, 3.63) is 48.5 Å². The van der Waals surface area contributed by atoms with Gasteiger partial charge in [0.1, 0.15) is 33.8 Å². The van der Waals surface area contributed by atoms with Crippen molar-refractivity contribution in [1.82, 2.24) is 25.8 Å². The minimum Gasteiger partial charge on any atom is -0.444 e. The van der Waals surface area contributed by atoms with Crippen molar-refractivity contribution in [3.63, 3.8) is 0 Å². The van der Waals surface area contributed by atoms with Crippen LogP contribution < -0.4 is 35.8 Å². The maximum absolute atomic E-state index is 13.0. The van der Waals surface area contributed by atoms with E-state index in [9.17, 15) is 55.1 Å². The number of piperidine rings is 2. The summed E-state index contributed by atoms with van der Waals surface area (Å²) in [6.07, 6.45) is -9.44. The molecule has 0 radical (unpaired) electrons. The van der Waals surface area contributed by atoms with Crippen molar-refractivity contribution in [2.24, 2.45) is 0 Å². The minimum absolute atomic E-state index is 0.0364. The van der Waals surface area contributed by atoms with E-state index in [-0.39, 0.29) is 49.1 Å². The second-order valence-electron chi connectivity index (χ2n) is 16.6. The lowest BCUT2D eigenvalue weighted by molar-refractivity contribution is -0.275. The van der Waals surface area contributed by atoms with Crippen LogP contribution in [-0.4, -0.2) is 124 Å². The summed E-state index contributed by atoms with van der Waals surface area (Å²) >= 11 is 0. The third kappa shape index (κ3) is 14.0. The number of hydrogen-bond acceptors (Lipinski definition) is 12. The normalized spacial score (nSPS) is 18.3. The van der Waals surface area contributed by atoms with Crippen molar-refractivity contribution in [2.75, 3.05) is 31.1 Å². The van der Waals surface area contributed by atoms with E-state index in [0.29, 0.717) is 25.9 Å². The Hall–Kier alpha value is -5.98. The summed E-state index contributed by atoms with van der Waals surface area (Å²) in [4.78, 5) is 76.4. The molecule has 2 spiro atoms. The van der Waals surface area contributed by atoms with Crippen LogP contribution in [0.2, 0.25) is 0 Å². The van der Waals surface area contributed by atoms with Gasteiger partial charge in [0.2, 0.25) is 0 Å². The van der Waals surface area contributed by atoms with Gasteiger partial charge in [0.05, 0.1) is 5.69 Å². The molecular weight excluding hydrogens is 857 g/mol.